The number of unbranched alkanes of at least 4 members (excludes halogenated alkanes) is 5. The summed E-state index contributed by atoms with van der Waals surface area (Å²) in [5.74, 6) is 6.85. The summed E-state index contributed by atoms with van der Waals surface area (Å²) in [6.45, 7) is 1.88. The molecule has 0 saturated heterocycles. The first-order valence-electron chi connectivity index (χ1n) is 7.59. The lowest BCUT2D eigenvalue weighted by Gasteiger charge is -2.06. The van der Waals surface area contributed by atoms with Gasteiger partial charge in [-0.25, -0.2) is 0 Å². The van der Waals surface area contributed by atoms with E-state index in [2.05, 4.69) is 17.2 Å². The standard InChI is InChI=1S/C18H25NO2/c1-3-4-5-6-7-8-9-10-11-18(20)19-16-12-14-17(21-2)15-13-16/h12-15H,5-11H2,1-2H3,(H,19,20). The highest BCUT2D eigenvalue weighted by molar-refractivity contribution is 5.90. The Kier molecular flexibility index (Phi) is 8.79. The van der Waals surface area contributed by atoms with Crippen LogP contribution in [-0.4, -0.2) is 13.0 Å². The van der Waals surface area contributed by atoms with Gasteiger partial charge >= 0.3 is 0 Å². The minimum absolute atomic E-state index is 0.0806. The average Bonchev–Trinajstić information content (AvgIpc) is 2.50. The molecule has 0 aliphatic heterocycles. The molecule has 0 spiro atoms. The third-order valence-electron chi connectivity index (χ3n) is 3.26. The van der Waals surface area contributed by atoms with Gasteiger partial charge in [0.1, 0.15) is 5.75 Å². The number of benzene rings is 1. The van der Waals surface area contributed by atoms with E-state index in [1.54, 1.807) is 7.11 Å². The van der Waals surface area contributed by atoms with Gasteiger partial charge in [-0.05, 0) is 44.0 Å². The Balaban J connectivity index is 2.09. The van der Waals surface area contributed by atoms with E-state index in [-0.39, 0.29) is 5.91 Å². The molecular formula is C18H25NO2. The van der Waals surface area contributed by atoms with Crippen LogP contribution in [0.5, 0.6) is 5.75 Å². The van der Waals surface area contributed by atoms with Crippen molar-refractivity contribution in [1.29, 1.82) is 0 Å². The summed E-state index contributed by atoms with van der Waals surface area (Å²) in [4.78, 5) is 11.8. The zero-order valence-corrected chi connectivity index (χ0v) is 13.1. The summed E-state index contributed by atoms with van der Waals surface area (Å²) in [5, 5.41) is 2.90. The first-order chi connectivity index (χ1) is 10.3. The smallest absolute Gasteiger partial charge is 0.224 e. The number of hydrogen-bond donors (Lipinski definition) is 1. The third-order valence-corrected chi connectivity index (χ3v) is 3.26. The van der Waals surface area contributed by atoms with Gasteiger partial charge in [-0.1, -0.05) is 19.3 Å². The number of rotatable bonds is 9. The van der Waals surface area contributed by atoms with Crippen molar-refractivity contribution in [1.82, 2.24) is 0 Å². The molecule has 0 atom stereocenters. The van der Waals surface area contributed by atoms with Gasteiger partial charge in [-0.3, -0.25) is 4.79 Å². The van der Waals surface area contributed by atoms with E-state index in [1.807, 2.05) is 31.2 Å². The van der Waals surface area contributed by atoms with Crippen LogP contribution in [0.3, 0.4) is 0 Å². The van der Waals surface area contributed by atoms with Crippen molar-refractivity contribution in [2.75, 3.05) is 12.4 Å². The predicted molar refractivity (Wildman–Crippen MR) is 87.4 cm³/mol. The van der Waals surface area contributed by atoms with Crippen LogP contribution in [0.2, 0.25) is 0 Å². The zero-order valence-electron chi connectivity index (χ0n) is 13.1. The molecule has 0 saturated carbocycles. The number of anilines is 1. The fourth-order valence-corrected chi connectivity index (χ4v) is 2.05. The van der Waals surface area contributed by atoms with Gasteiger partial charge in [-0.2, -0.15) is 0 Å². The molecule has 21 heavy (non-hydrogen) atoms. The van der Waals surface area contributed by atoms with Crippen molar-refractivity contribution in [2.45, 2.75) is 51.9 Å². The molecule has 0 bridgehead atoms. The molecule has 0 aromatic heterocycles. The van der Waals surface area contributed by atoms with Crippen molar-refractivity contribution >= 4 is 11.6 Å². The molecule has 3 nitrogen and oxygen atoms in total. The fourth-order valence-electron chi connectivity index (χ4n) is 2.05. The zero-order chi connectivity index (χ0) is 15.3. The monoisotopic (exact) mass is 287 g/mol. The Morgan fingerprint density at radius 3 is 2.43 bits per heavy atom. The van der Waals surface area contributed by atoms with Gasteiger partial charge in [-0.15, -0.1) is 11.8 Å². The fraction of sp³-hybridized carbons (Fsp3) is 0.500. The van der Waals surface area contributed by atoms with E-state index < -0.39 is 0 Å². The van der Waals surface area contributed by atoms with Crippen molar-refractivity contribution in [2.24, 2.45) is 0 Å². The molecule has 1 amide bonds. The van der Waals surface area contributed by atoms with Crippen LogP contribution < -0.4 is 10.1 Å². The lowest BCUT2D eigenvalue weighted by Crippen LogP contribution is -2.10. The van der Waals surface area contributed by atoms with Gasteiger partial charge < -0.3 is 10.1 Å². The van der Waals surface area contributed by atoms with Crippen LogP contribution in [0.4, 0.5) is 5.69 Å². The van der Waals surface area contributed by atoms with E-state index in [4.69, 9.17) is 4.74 Å². The number of hydrogen-bond acceptors (Lipinski definition) is 2. The Hall–Kier alpha value is -1.95. The normalized spacial score (nSPS) is 9.62. The molecule has 3 heteroatoms. The van der Waals surface area contributed by atoms with Gasteiger partial charge in [0.05, 0.1) is 7.11 Å². The summed E-state index contributed by atoms with van der Waals surface area (Å²) in [6, 6.07) is 7.39. The van der Waals surface area contributed by atoms with Crippen LogP contribution in [0.25, 0.3) is 0 Å². The van der Waals surface area contributed by atoms with Gasteiger partial charge in [0.25, 0.3) is 0 Å². The number of amides is 1. The lowest BCUT2D eigenvalue weighted by atomic mass is 10.1. The molecule has 1 aromatic carbocycles. The molecular weight excluding hydrogens is 262 g/mol. The average molecular weight is 287 g/mol. The summed E-state index contributed by atoms with van der Waals surface area (Å²) in [5.41, 5.74) is 0.818. The highest BCUT2D eigenvalue weighted by Crippen LogP contribution is 2.15. The molecule has 0 aliphatic carbocycles. The van der Waals surface area contributed by atoms with E-state index >= 15 is 0 Å². The largest absolute Gasteiger partial charge is 0.497 e. The number of carbonyl (C=O) groups is 1. The highest BCUT2D eigenvalue weighted by Gasteiger charge is 2.02. The number of carbonyl (C=O) groups excluding carboxylic acids is 1. The van der Waals surface area contributed by atoms with Crippen LogP contribution in [0.1, 0.15) is 51.9 Å². The second-order valence-corrected chi connectivity index (χ2v) is 4.97. The maximum absolute atomic E-state index is 11.8. The molecule has 114 valence electrons. The van der Waals surface area contributed by atoms with Crippen LogP contribution in [-0.2, 0) is 4.79 Å². The summed E-state index contributed by atoms with van der Waals surface area (Å²) in [7, 11) is 1.63. The highest BCUT2D eigenvalue weighted by atomic mass is 16.5. The second-order valence-electron chi connectivity index (χ2n) is 4.97. The van der Waals surface area contributed by atoms with E-state index in [0.717, 1.165) is 30.7 Å². The summed E-state index contributed by atoms with van der Waals surface area (Å²) >= 11 is 0. The van der Waals surface area contributed by atoms with Crippen LogP contribution in [0.15, 0.2) is 24.3 Å². The molecule has 0 aliphatic rings. The number of methoxy groups -OCH3 is 1. The Morgan fingerprint density at radius 1 is 1.10 bits per heavy atom. The molecule has 0 fully saturated rings. The first kappa shape index (κ1) is 17.1. The third kappa shape index (κ3) is 8.04. The summed E-state index contributed by atoms with van der Waals surface area (Å²) in [6.07, 6.45) is 7.18. The van der Waals surface area contributed by atoms with Gasteiger partial charge in [0.15, 0.2) is 0 Å². The second kappa shape index (κ2) is 10.8. The van der Waals surface area contributed by atoms with Gasteiger partial charge in [0.2, 0.25) is 5.91 Å². The minimum Gasteiger partial charge on any atom is -0.497 e. The van der Waals surface area contributed by atoms with Crippen molar-refractivity contribution in [3.8, 4) is 17.6 Å². The maximum atomic E-state index is 11.8. The lowest BCUT2D eigenvalue weighted by molar-refractivity contribution is -0.116. The Labute approximate surface area is 128 Å². The van der Waals surface area contributed by atoms with Crippen LogP contribution >= 0.6 is 0 Å². The molecule has 1 rings (SSSR count). The maximum Gasteiger partial charge on any atom is 0.224 e. The Bertz CT molecular complexity index is 468. The van der Waals surface area contributed by atoms with Gasteiger partial charge in [0, 0.05) is 18.5 Å². The summed E-state index contributed by atoms with van der Waals surface area (Å²) < 4.78 is 5.08. The van der Waals surface area contributed by atoms with E-state index in [0.29, 0.717) is 6.42 Å². The molecule has 1 aromatic rings. The van der Waals surface area contributed by atoms with E-state index in [1.165, 1.54) is 19.3 Å². The number of ether oxygens (including phenoxy) is 1. The predicted octanol–water partition coefficient (Wildman–Crippen LogP) is 4.39. The van der Waals surface area contributed by atoms with Crippen LogP contribution in [0, 0.1) is 11.8 Å². The first-order valence-corrected chi connectivity index (χ1v) is 7.59. The Morgan fingerprint density at radius 2 is 1.76 bits per heavy atom. The topological polar surface area (TPSA) is 38.3 Å². The van der Waals surface area contributed by atoms with Crippen molar-refractivity contribution in [3.05, 3.63) is 24.3 Å². The minimum atomic E-state index is 0.0806. The molecule has 0 unspecified atom stereocenters. The SMILES string of the molecule is CC#CCCCCCCCC(=O)Nc1ccc(OC)cc1. The molecule has 0 radical (unpaired) electrons. The van der Waals surface area contributed by atoms with Crippen molar-refractivity contribution < 1.29 is 9.53 Å². The molecule has 1 N–H and O–H groups in total. The van der Waals surface area contributed by atoms with E-state index in [9.17, 15) is 4.79 Å². The van der Waals surface area contributed by atoms with Crippen molar-refractivity contribution in [3.63, 3.8) is 0 Å². The molecule has 0 heterocycles. The quantitative estimate of drug-likeness (QED) is 0.540. The number of nitrogens with one attached hydrogen (secondary N) is 1.